The van der Waals surface area contributed by atoms with Crippen molar-refractivity contribution in [3.8, 4) is 11.5 Å². The first kappa shape index (κ1) is 16.6. The number of imidazole rings is 1. The average molecular weight is 404 g/mol. The molecule has 0 saturated carbocycles. The Morgan fingerprint density at radius 3 is 2.55 bits per heavy atom. The van der Waals surface area contributed by atoms with Crippen molar-refractivity contribution < 1.29 is 18.7 Å². The molecule has 9 heteroatoms. The number of benzene rings is 1. The molecular weight excluding hydrogens is 377 g/mol. The van der Waals surface area contributed by atoms with Gasteiger partial charge < -0.3 is 19.1 Å². The maximum absolute atomic E-state index is 13.0. The fraction of sp³-hybridized carbons (Fsp3) is 0.350. The molecule has 9 nitrogen and oxygen atoms in total. The van der Waals surface area contributed by atoms with Crippen molar-refractivity contribution in [1.29, 1.82) is 0 Å². The van der Waals surface area contributed by atoms with Gasteiger partial charge in [0.15, 0.2) is 22.7 Å². The van der Waals surface area contributed by atoms with E-state index in [0.29, 0.717) is 17.1 Å². The topological polar surface area (TPSA) is 101 Å². The quantitative estimate of drug-likeness (QED) is 0.592. The molecule has 0 fully saturated rings. The maximum Gasteiger partial charge on any atom is 0.332 e. The van der Waals surface area contributed by atoms with E-state index in [-0.39, 0.29) is 30.1 Å². The van der Waals surface area contributed by atoms with Crippen LogP contribution in [0.4, 0.5) is 0 Å². The first-order valence-corrected chi connectivity index (χ1v) is 8.95. The summed E-state index contributed by atoms with van der Waals surface area (Å²) in [4.78, 5) is 30.0. The third kappa shape index (κ3) is 3.56. The number of rotatable bonds is 7. The normalized spacial score (nSPS) is 13.4. The highest BCUT2D eigenvalue weighted by Gasteiger charge is 2.18. The van der Waals surface area contributed by atoms with Crippen LogP contribution in [0, 0.1) is 0 Å². The lowest BCUT2D eigenvalue weighted by molar-refractivity contribution is 0.270. The molecule has 29 heavy (non-hydrogen) atoms. The number of hydrogen-bond donors (Lipinski definition) is 1. The Labute approximate surface area is 171 Å². The lowest BCUT2D eigenvalue weighted by atomic mass is 10.2. The van der Waals surface area contributed by atoms with E-state index < -0.39 is 24.8 Å². The second-order valence-corrected chi connectivity index (χ2v) is 6.13. The molecule has 0 radical (unpaired) electrons. The van der Waals surface area contributed by atoms with Gasteiger partial charge in [0.25, 0.3) is 5.56 Å². The number of fused-ring (bicyclic) bond motifs is 1. The number of ether oxygens (including phenoxy) is 2. The van der Waals surface area contributed by atoms with Gasteiger partial charge in [-0.1, -0.05) is 12.1 Å². The molecule has 0 aliphatic rings. The Morgan fingerprint density at radius 1 is 1.17 bits per heavy atom. The Bertz CT molecular complexity index is 1290. The third-order valence-electron chi connectivity index (χ3n) is 4.52. The van der Waals surface area contributed by atoms with Gasteiger partial charge in [0.1, 0.15) is 5.82 Å². The Morgan fingerprint density at radius 2 is 1.93 bits per heavy atom. The Hall–Kier alpha value is -3.33. The molecule has 0 spiro atoms. The molecule has 0 bridgehead atoms. The summed E-state index contributed by atoms with van der Waals surface area (Å²) in [5.41, 5.74) is -1.06. The van der Waals surface area contributed by atoms with E-state index in [9.17, 15) is 14.7 Å². The summed E-state index contributed by atoms with van der Waals surface area (Å²) in [6, 6.07) is 5.15. The lowest BCUT2D eigenvalue weighted by Crippen LogP contribution is -2.41. The largest absolute Gasteiger partial charge is 0.493 e. The molecule has 1 N–H and O–H groups in total. The fourth-order valence-corrected chi connectivity index (χ4v) is 3.08. The molecule has 0 atom stereocenters. The summed E-state index contributed by atoms with van der Waals surface area (Å²) in [5.74, 6) is 1.01. The number of methoxy groups -OCH3 is 2. The minimum atomic E-state index is -2.74. The molecule has 2 aromatic heterocycles. The number of nitrogens with zero attached hydrogens (tertiary/aromatic N) is 4. The van der Waals surface area contributed by atoms with E-state index in [1.165, 1.54) is 24.9 Å². The first-order valence-electron chi connectivity index (χ1n) is 10.4. The Kier molecular flexibility index (Phi) is 4.79. The monoisotopic (exact) mass is 404 g/mol. The van der Waals surface area contributed by atoms with Gasteiger partial charge in [-0.15, -0.1) is 0 Å². The molecule has 3 aromatic rings. The van der Waals surface area contributed by atoms with Crippen molar-refractivity contribution in [3.05, 3.63) is 50.4 Å². The zero-order chi connectivity index (χ0) is 23.6. The molecule has 2 heterocycles. The van der Waals surface area contributed by atoms with Gasteiger partial charge >= 0.3 is 5.69 Å². The van der Waals surface area contributed by atoms with Crippen LogP contribution in [-0.2, 0) is 20.1 Å². The van der Waals surface area contributed by atoms with Gasteiger partial charge in [0.05, 0.1) is 27.4 Å². The number of aromatic nitrogens is 4. The average Bonchev–Trinajstić information content (AvgIpc) is 3.15. The first-order chi connectivity index (χ1) is 15.2. The number of hydrogen-bond acceptors (Lipinski definition) is 6. The van der Waals surface area contributed by atoms with Gasteiger partial charge in [-0.3, -0.25) is 13.9 Å². The van der Waals surface area contributed by atoms with Crippen LogP contribution in [0.3, 0.4) is 0 Å². The summed E-state index contributed by atoms with van der Waals surface area (Å²) >= 11 is 0. The predicted molar refractivity (Wildman–Crippen MR) is 110 cm³/mol. The summed E-state index contributed by atoms with van der Waals surface area (Å²) in [6.07, 6.45) is 3.07. The maximum atomic E-state index is 13.0. The Balaban J connectivity index is 2.28. The summed E-state index contributed by atoms with van der Waals surface area (Å²) < 4.78 is 37.2. The van der Waals surface area contributed by atoms with E-state index in [1.54, 1.807) is 31.2 Å². The number of aliphatic hydroxyl groups is 1. The highest BCUT2D eigenvalue weighted by Crippen LogP contribution is 2.28. The second kappa shape index (κ2) is 8.36. The van der Waals surface area contributed by atoms with Gasteiger partial charge in [0, 0.05) is 17.6 Å². The van der Waals surface area contributed by atoms with Crippen molar-refractivity contribution >= 4 is 23.3 Å². The van der Waals surface area contributed by atoms with Crippen LogP contribution in [0.25, 0.3) is 23.3 Å². The zero-order valence-electron chi connectivity index (χ0n) is 19.4. The van der Waals surface area contributed by atoms with Crippen LogP contribution in [-0.4, -0.2) is 44.6 Å². The standard InChI is InChI=1S/C20H24N4O5/c1-5-23-18-17(19(26)24(10-11-25)20(23)27)22(2)16(21-18)9-7-13-6-8-14(28-3)15(12-13)29-4/h6-9,12,25H,5,10-11H2,1-4H3/b9-7+/i2+1D3. The van der Waals surface area contributed by atoms with Gasteiger partial charge in [-0.2, -0.15) is 0 Å². The minimum Gasteiger partial charge on any atom is -0.493 e. The van der Waals surface area contributed by atoms with E-state index in [0.717, 1.165) is 9.13 Å². The van der Waals surface area contributed by atoms with Crippen molar-refractivity contribution in [2.75, 3.05) is 20.8 Å². The summed E-state index contributed by atoms with van der Waals surface area (Å²) in [7, 11) is 3.02. The van der Waals surface area contributed by atoms with Crippen LogP contribution in [0.1, 0.15) is 22.4 Å². The van der Waals surface area contributed by atoms with Crippen LogP contribution in [0.5, 0.6) is 11.5 Å². The van der Waals surface area contributed by atoms with Crippen LogP contribution in [0.15, 0.2) is 27.8 Å². The van der Waals surface area contributed by atoms with E-state index >= 15 is 0 Å². The van der Waals surface area contributed by atoms with Crippen molar-refractivity contribution in [2.45, 2.75) is 20.0 Å². The fourth-order valence-electron chi connectivity index (χ4n) is 3.08. The van der Waals surface area contributed by atoms with Crippen molar-refractivity contribution in [3.63, 3.8) is 0 Å². The molecule has 0 aliphatic carbocycles. The summed E-state index contributed by atoms with van der Waals surface area (Å²) in [6.45, 7) is -1.59. The van der Waals surface area contributed by atoms with Gasteiger partial charge in [-0.05, 0) is 30.7 Å². The third-order valence-corrected chi connectivity index (χ3v) is 4.52. The van der Waals surface area contributed by atoms with Crippen LogP contribution in [0.2, 0.25) is 0 Å². The van der Waals surface area contributed by atoms with Crippen molar-refractivity contribution in [1.82, 2.24) is 18.7 Å². The molecule has 3 rings (SSSR count). The second-order valence-electron chi connectivity index (χ2n) is 6.13. The van der Waals surface area contributed by atoms with E-state index in [2.05, 4.69) is 4.98 Å². The SMILES string of the molecule is [2H][13C]([2H])([2H])n1c(/C=C/c2ccc(OC)c(OC)c2)nc2c1c(=O)n(CCO)c(=O)n2CC. The lowest BCUT2D eigenvalue weighted by Gasteiger charge is -2.08. The predicted octanol–water partition coefficient (Wildman–Crippen LogP) is 1.10. The van der Waals surface area contributed by atoms with E-state index in [4.69, 9.17) is 13.6 Å². The number of aryl methyl sites for hydroxylation is 2. The molecule has 1 aromatic carbocycles. The number of aliphatic hydroxyl groups excluding tert-OH is 1. The molecule has 154 valence electrons. The molecule has 0 unspecified atom stereocenters. The summed E-state index contributed by atoms with van der Waals surface area (Å²) in [5, 5.41) is 9.26. The zero-order valence-corrected chi connectivity index (χ0v) is 16.4. The molecule has 0 amide bonds. The van der Waals surface area contributed by atoms with Crippen LogP contribution >= 0.6 is 0 Å². The van der Waals surface area contributed by atoms with Gasteiger partial charge in [0.2, 0.25) is 0 Å². The highest BCUT2D eigenvalue weighted by atomic mass is 16.5. The molecule has 0 saturated heterocycles. The minimum absolute atomic E-state index is 0.0183. The van der Waals surface area contributed by atoms with Crippen LogP contribution < -0.4 is 20.7 Å². The smallest absolute Gasteiger partial charge is 0.332 e. The van der Waals surface area contributed by atoms with Gasteiger partial charge in [-0.25, -0.2) is 9.78 Å². The highest BCUT2D eigenvalue weighted by molar-refractivity contribution is 5.77. The van der Waals surface area contributed by atoms with E-state index in [1.807, 2.05) is 0 Å². The molecule has 0 aliphatic heterocycles. The molecular formula is C20H24N4O5. The van der Waals surface area contributed by atoms with Crippen molar-refractivity contribution in [2.24, 2.45) is 6.98 Å².